The minimum atomic E-state index is -0.660. The molecule has 0 aromatic carbocycles. The van der Waals surface area contributed by atoms with Gasteiger partial charge >= 0.3 is 0 Å². The Kier molecular flexibility index (Phi) is 4.01. The van der Waals surface area contributed by atoms with Crippen LogP contribution in [0, 0.1) is 0 Å². The van der Waals surface area contributed by atoms with Gasteiger partial charge in [0.1, 0.15) is 4.99 Å². The molecule has 7 heteroatoms. The molecule has 0 amide bonds. The molecule has 2 rings (SSSR count). The van der Waals surface area contributed by atoms with Crippen molar-refractivity contribution < 1.29 is 4.21 Å². The number of rotatable bonds is 3. The molecule has 1 saturated heterocycles. The number of nitrogens with zero attached hydrogens (tertiary/aromatic N) is 2. The van der Waals surface area contributed by atoms with E-state index in [1.807, 2.05) is 0 Å². The first-order chi connectivity index (χ1) is 8.16. The molecule has 2 heterocycles. The molecular weight excluding hydrogens is 256 g/mol. The van der Waals surface area contributed by atoms with Crippen LogP contribution in [-0.4, -0.2) is 36.9 Å². The summed E-state index contributed by atoms with van der Waals surface area (Å²) < 4.78 is 11.3. The second kappa shape index (κ2) is 5.50. The summed E-state index contributed by atoms with van der Waals surface area (Å²) in [5.41, 5.74) is 6.33. The summed E-state index contributed by atoms with van der Waals surface area (Å²) in [7, 11) is -0.660. The van der Waals surface area contributed by atoms with Gasteiger partial charge in [0.15, 0.2) is 5.82 Å². The van der Waals surface area contributed by atoms with E-state index in [0.29, 0.717) is 16.4 Å². The van der Waals surface area contributed by atoms with E-state index in [0.717, 1.165) is 24.3 Å². The Morgan fingerprint density at radius 2 is 2.24 bits per heavy atom. The maximum absolute atomic E-state index is 11.3. The highest BCUT2D eigenvalue weighted by Crippen LogP contribution is 2.17. The number of nitrogens with two attached hydrogens (primary N) is 1. The highest BCUT2D eigenvalue weighted by atomic mass is 32.2. The van der Waals surface area contributed by atoms with Crippen LogP contribution in [0.5, 0.6) is 0 Å². The Morgan fingerprint density at radius 1 is 1.53 bits per heavy atom. The average molecular weight is 270 g/mol. The molecule has 1 aromatic rings. The summed E-state index contributed by atoms with van der Waals surface area (Å²) >= 11 is 4.96. The Hall–Kier alpha value is -1.08. The largest absolute Gasteiger partial charge is 0.389 e. The van der Waals surface area contributed by atoms with Crippen molar-refractivity contribution in [2.75, 3.05) is 16.8 Å². The SMILES string of the molecule is NC(=S)c1ccnnc1NC1CCS(=O)CC1. The van der Waals surface area contributed by atoms with Gasteiger partial charge in [0.05, 0.1) is 11.8 Å². The van der Waals surface area contributed by atoms with Crippen molar-refractivity contribution in [2.24, 2.45) is 5.73 Å². The number of nitrogens with one attached hydrogen (secondary N) is 1. The first-order valence-electron chi connectivity index (χ1n) is 5.40. The molecule has 0 radical (unpaired) electrons. The van der Waals surface area contributed by atoms with Crippen LogP contribution < -0.4 is 11.1 Å². The van der Waals surface area contributed by atoms with Crippen LogP contribution in [0.1, 0.15) is 18.4 Å². The third-order valence-corrected chi connectivity index (χ3v) is 4.32. The minimum Gasteiger partial charge on any atom is -0.389 e. The Balaban J connectivity index is 2.08. The molecular formula is C10H14N4OS2. The lowest BCUT2D eigenvalue weighted by molar-refractivity contribution is 0.621. The van der Waals surface area contributed by atoms with Crippen molar-refractivity contribution in [3.8, 4) is 0 Å². The molecule has 0 spiro atoms. The fraction of sp³-hybridized carbons (Fsp3) is 0.500. The maximum atomic E-state index is 11.3. The molecule has 0 atom stereocenters. The van der Waals surface area contributed by atoms with Crippen molar-refractivity contribution in [1.82, 2.24) is 10.2 Å². The fourth-order valence-electron chi connectivity index (χ4n) is 1.77. The van der Waals surface area contributed by atoms with Gasteiger partial charge in [-0.15, -0.1) is 5.10 Å². The highest BCUT2D eigenvalue weighted by molar-refractivity contribution is 7.85. The summed E-state index contributed by atoms with van der Waals surface area (Å²) in [5.74, 6) is 2.10. The summed E-state index contributed by atoms with van der Waals surface area (Å²) in [4.78, 5) is 0.307. The smallest absolute Gasteiger partial charge is 0.159 e. The minimum absolute atomic E-state index is 0.275. The van der Waals surface area contributed by atoms with Crippen molar-refractivity contribution in [3.05, 3.63) is 17.8 Å². The molecule has 1 aromatic heterocycles. The zero-order valence-electron chi connectivity index (χ0n) is 9.26. The van der Waals surface area contributed by atoms with Gasteiger partial charge in [0.25, 0.3) is 0 Å². The highest BCUT2D eigenvalue weighted by Gasteiger charge is 2.19. The van der Waals surface area contributed by atoms with Crippen LogP contribution in [0.25, 0.3) is 0 Å². The Labute approximate surface area is 108 Å². The van der Waals surface area contributed by atoms with Gasteiger partial charge in [-0.2, -0.15) is 5.10 Å². The van der Waals surface area contributed by atoms with Crippen molar-refractivity contribution in [2.45, 2.75) is 18.9 Å². The van der Waals surface area contributed by atoms with Gasteiger partial charge in [-0.3, -0.25) is 4.21 Å². The van der Waals surface area contributed by atoms with Gasteiger partial charge < -0.3 is 11.1 Å². The number of hydrogen-bond donors (Lipinski definition) is 2. The molecule has 92 valence electrons. The summed E-state index contributed by atoms with van der Waals surface area (Å²) in [6.45, 7) is 0. The summed E-state index contributed by atoms with van der Waals surface area (Å²) in [6.07, 6.45) is 3.31. The maximum Gasteiger partial charge on any atom is 0.159 e. The zero-order chi connectivity index (χ0) is 12.3. The second-order valence-electron chi connectivity index (χ2n) is 3.92. The molecule has 0 saturated carbocycles. The van der Waals surface area contributed by atoms with Crippen LogP contribution in [-0.2, 0) is 10.8 Å². The number of hydrogen-bond acceptors (Lipinski definition) is 5. The van der Waals surface area contributed by atoms with E-state index in [2.05, 4.69) is 15.5 Å². The lowest BCUT2D eigenvalue weighted by Crippen LogP contribution is -2.30. The Bertz CT molecular complexity index is 442. The molecule has 3 N–H and O–H groups in total. The third-order valence-electron chi connectivity index (χ3n) is 2.71. The van der Waals surface area contributed by atoms with E-state index in [1.54, 1.807) is 12.3 Å². The van der Waals surface area contributed by atoms with Crippen LogP contribution >= 0.6 is 12.2 Å². The average Bonchev–Trinajstić information content (AvgIpc) is 2.32. The van der Waals surface area contributed by atoms with E-state index in [-0.39, 0.29) is 6.04 Å². The topological polar surface area (TPSA) is 80.9 Å². The molecule has 1 fully saturated rings. The molecule has 5 nitrogen and oxygen atoms in total. The van der Waals surface area contributed by atoms with E-state index in [9.17, 15) is 4.21 Å². The fourth-order valence-corrected chi connectivity index (χ4v) is 3.23. The van der Waals surface area contributed by atoms with Crippen LogP contribution in [0.15, 0.2) is 12.3 Å². The quantitative estimate of drug-likeness (QED) is 0.776. The molecule has 0 bridgehead atoms. The molecule has 0 aliphatic carbocycles. The van der Waals surface area contributed by atoms with Crippen LogP contribution in [0.4, 0.5) is 5.82 Å². The zero-order valence-corrected chi connectivity index (χ0v) is 10.9. The molecule has 1 aliphatic heterocycles. The lowest BCUT2D eigenvalue weighted by atomic mass is 10.1. The van der Waals surface area contributed by atoms with Crippen LogP contribution in [0.2, 0.25) is 0 Å². The second-order valence-corrected chi connectivity index (χ2v) is 6.06. The number of anilines is 1. The van der Waals surface area contributed by atoms with Gasteiger partial charge in [-0.05, 0) is 18.9 Å². The molecule has 0 unspecified atom stereocenters. The van der Waals surface area contributed by atoms with E-state index < -0.39 is 10.8 Å². The van der Waals surface area contributed by atoms with E-state index >= 15 is 0 Å². The summed E-state index contributed by atoms with van der Waals surface area (Å²) in [6, 6.07) is 2.02. The van der Waals surface area contributed by atoms with E-state index in [1.165, 1.54) is 0 Å². The number of aromatic nitrogens is 2. The Morgan fingerprint density at radius 3 is 2.88 bits per heavy atom. The number of thiocarbonyl (C=S) groups is 1. The van der Waals surface area contributed by atoms with Gasteiger partial charge in [-0.25, -0.2) is 0 Å². The van der Waals surface area contributed by atoms with Crippen molar-refractivity contribution >= 4 is 33.8 Å². The monoisotopic (exact) mass is 270 g/mol. The molecule has 17 heavy (non-hydrogen) atoms. The van der Waals surface area contributed by atoms with Crippen molar-refractivity contribution in [1.29, 1.82) is 0 Å². The third kappa shape index (κ3) is 3.19. The van der Waals surface area contributed by atoms with Gasteiger partial charge in [0, 0.05) is 28.3 Å². The first-order valence-corrected chi connectivity index (χ1v) is 7.29. The van der Waals surface area contributed by atoms with E-state index in [4.69, 9.17) is 18.0 Å². The predicted octanol–water partition coefficient (Wildman–Crippen LogP) is 0.434. The van der Waals surface area contributed by atoms with Gasteiger partial charge in [-0.1, -0.05) is 12.2 Å². The lowest BCUT2D eigenvalue weighted by Gasteiger charge is -2.23. The van der Waals surface area contributed by atoms with Crippen LogP contribution in [0.3, 0.4) is 0 Å². The van der Waals surface area contributed by atoms with Gasteiger partial charge in [0.2, 0.25) is 0 Å². The standard InChI is InChI=1S/C10H14N4OS2/c11-9(16)8-1-4-12-14-10(8)13-7-2-5-17(15)6-3-7/h1,4,7H,2-3,5-6H2,(H2,11,16)(H,13,14). The molecule has 1 aliphatic rings. The first kappa shape index (κ1) is 12.4. The van der Waals surface area contributed by atoms with Crippen molar-refractivity contribution in [3.63, 3.8) is 0 Å². The normalized spacial score (nSPS) is 24.2. The summed E-state index contributed by atoms with van der Waals surface area (Å²) in [5, 5.41) is 11.1. The predicted molar refractivity (Wildman–Crippen MR) is 72.4 cm³/mol.